The van der Waals surface area contributed by atoms with E-state index in [1.807, 2.05) is 26.0 Å². The number of hydrogen-bond donors (Lipinski definition) is 1. The van der Waals surface area contributed by atoms with Crippen molar-refractivity contribution in [1.82, 2.24) is 0 Å². The molecular weight excluding hydrogens is 285 g/mol. The Balaban J connectivity index is 0. The van der Waals surface area contributed by atoms with Gasteiger partial charge >= 0.3 is 0 Å². The number of aryl methyl sites for hydroxylation is 2. The zero-order valence-corrected chi connectivity index (χ0v) is 14.3. The van der Waals surface area contributed by atoms with Crippen molar-refractivity contribution in [3.63, 3.8) is 0 Å². The summed E-state index contributed by atoms with van der Waals surface area (Å²) in [6, 6.07) is 5.65. The Hall–Kier alpha value is 0.124. The van der Waals surface area contributed by atoms with E-state index in [4.69, 9.17) is 5.11 Å². The van der Waals surface area contributed by atoms with Crippen LogP contribution in [0.1, 0.15) is 50.2 Å². The van der Waals surface area contributed by atoms with Crippen molar-refractivity contribution in [1.29, 1.82) is 0 Å². The fourth-order valence-electron chi connectivity index (χ4n) is 1.32. The van der Waals surface area contributed by atoms with Gasteiger partial charge < -0.3 is 12.0 Å². The summed E-state index contributed by atoms with van der Waals surface area (Å²) in [6.07, 6.45) is 6.52. The largest absolute Gasteiger partial charge is 0.508 e. The maximum Gasteiger partial charge on any atom is 0.118 e. The molecule has 0 bridgehead atoms. The van der Waals surface area contributed by atoms with E-state index in [1.54, 1.807) is 6.07 Å². The summed E-state index contributed by atoms with van der Waals surface area (Å²) in [4.78, 5) is 0. The number of aromatic hydroxyl groups is 1. The van der Waals surface area contributed by atoms with Crippen LogP contribution in [0.5, 0.6) is 5.75 Å². The summed E-state index contributed by atoms with van der Waals surface area (Å²) in [5.74, 6) is 0.384. The van der Waals surface area contributed by atoms with Gasteiger partial charge in [-0.1, -0.05) is 44.7 Å². The van der Waals surface area contributed by atoms with Crippen LogP contribution < -0.4 is 0 Å². The van der Waals surface area contributed by atoms with Crippen molar-refractivity contribution in [2.75, 3.05) is 0 Å². The molecule has 1 nitrogen and oxygen atoms in total. The van der Waals surface area contributed by atoms with Crippen LogP contribution in [0.4, 0.5) is 0 Å². The van der Waals surface area contributed by atoms with Crippen LogP contribution in [0.25, 0.3) is 0 Å². The van der Waals surface area contributed by atoms with Gasteiger partial charge in [-0.3, -0.25) is 0 Å². The van der Waals surface area contributed by atoms with Gasteiger partial charge in [0.25, 0.3) is 0 Å². The van der Waals surface area contributed by atoms with Crippen LogP contribution in [0.15, 0.2) is 18.2 Å². The minimum absolute atomic E-state index is 0. The second-order valence-corrected chi connectivity index (χ2v) is 4.20. The molecule has 0 unspecified atom stereocenters. The van der Waals surface area contributed by atoms with Gasteiger partial charge in [0.15, 0.2) is 0 Å². The van der Waals surface area contributed by atoms with E-state index in [9.17, 15) is 0 Å². The second-order valence-electron chi connectivity index (χ2n) is 4.20. The van der Waals surface area contributed by atoms with E-state index in [1.165, 1.54) is 25.7 Å². The summed E-state index contributed by atoms with van der Waals surface area (Å²) in [5.41, 5.74) is 2.03. The van der Waals surface area contributed by atoms with Crippen LogP contribution in [0.3, 0.4) is 0 Å². The molecule has 0 aliphatic rings. The second kappa shape index (κ2) is 12.6. The first-order valence-electron chi connectivity index (χ1n) is 6.17. The third-order valence-electron chi connectivity index (χ3n) is 2.47. The molecule has 0 amide bonds. The molecule has 0 spiro atoms. The molecule has 1 aromatic carbocycles. The van der Waals surface area contributed by atoms with Crippen molar-refractivity contribution >= 4 is 0 Å². The fraction of sp³-hybridized carbons (Fsp3) is 0.533. The van der Waals surface area contributed by atoms with Gasteiger partial charge in [0.2, 0.25) is 0 Å². The van der Waals surface area contributed by atoms with Crippen molar-refractivity contribution < 1.29 is 37.8 Å². The summed E-state index contributed by atoms with van der Waals surface area (Å²) in [5, 5.41) is 9.10. The van der Waals surface area contributed by atoms with Crippen LogP contribution in [0, 0.1) is 20.8 Å². The third-order valence-corrected chi connectivity index (χ3v) is 2.47. The molecule has 0 fully saturated rings. The van der Waals surface area contributed by atoms with E-state index in [0.717, 1.165) is 17.5 Å². The summed E-state index contributed by atoms with van der Waals surface area (Å²) >= 11 is 0. The molecule has 1 radical (unpaired) electrons. The van der Waals surface area contributed by atoms with Crippen LogP contribution in [-0.4, -0.2) is 5.11 Å². The smallest absolute Gasteiger partial charge is 0.118 e. The van der Waals surface area contributed by atoms with Gasteiger partial charge in [-0.2, -0.15) is 6.42 Å². The Morgan fingerprint density at radius 3 is 2.18 bits per heavy atom. The van der Waals surface area contributed by atoms with Gasteiger partial charge in [0, 0.05) is 32.7 Å². The van der Waals surface area contributed by atoms with Crippen LogP contribution in [-0.2, 0) is 32.7 Å². The minimum Gasteiger partial charge on any atom is -0.508 e. The van der Waals surface area contributed by atoms with Crippen LogP contribution in [0.2, 0.25) is 0 Å². The molecule has 0 saturated carbocycles. The number of rotatable bonds is 4. The predicted molar refractivity (Wildman–Crippen MR) is 71.7 cm³/mol. The van der Waals surface area contributed by atoms with Crippen molar-refractivity contribution in [2.45, 2.75) is 52.9 Å². The average Bonchev–Trinajstić information content (AvgIpc) is 2.26. The third kappa shape index (κ3) is 11.0. The van der Waals surface area contributed by atoms with E-state index >= 15 is 0 Å². The number of phenols is 1. The molecule has 0 saturated heterocycles. The molecular formula is C15H25OY-. The molecule has 95 valence electrons. The van der Waals surface area contributed by atoms with Crippen molar-refractivity contribution in [2.24, 2.45) is 0 Å². The molecule has 17 heavy (non-hydrogen) atoms. The molecule has 0 aliphatic carbocycles. The Labute approximate surface area is 132 Å². The monoisotopic (exact) mass is 310 g/mol. The topological polar surface area (TPSA) is 20.2 Å². The van der Waals surface area contributed by atoms with E-state index < -0.39 is 0 Å². The standard InChI is InChI=1S/C8H10O.C7H15.Y/c1-6-3-4-7(2)8(9)5-6;1-3-5-7-6-4-2;/h3-5,9H,1-2H3;1,3-7H2,2H3;/q;-1;. The molecule has 1 rings (SSSR count). The maximum atomic E-state index is 9.10. The minimum atomic E-state index is 0. The van der Waals surface area contributed by atoms with E-state index in [0.29, 0.717) is 5.75 Å². The van der Waals surface area contributed by atoms with Crippen LogP contribution >= 0.6 is 0 Å². The summed E-state index contributed by atoms with van der Waals surface area (Å²) in [6.45, 7) is 9.82. The summed E-state index contributed by atoms with van der Waals surface area (Å²) in [7, 11) is 0. The zero-order chi connectivity index (χ0) is 12.4. The molecule has 0 heterocycles. The van der Waals surface area contributed by atoms with Crippen molar-refractivity contribution in [3.8, 4) is 5.75 Å². The molecule has 0 aromatic heterocycles. The fourth-order valence-corrected chi connectivity index (χ4v) is 1.32. The molecule has 0 atom stereocenters. The molecule has 1 N–H and O–H groups in total. The van der Waals surface area contributed by atoms with Gasteiger partial charge in [0.05, 0.1) is 0 Å². The zero-order valence-electron chi connectivity index (χ0n) is 11.5. The molecule has 1 aromatic rings. The first-order chi connectivity index (χ1) is 7.61. The van der Waals surface area contributed by atoms with Gasteiger partial charge in [-0.05, 0) is 31.0 Å². The Bertz CT molecular complexity index is 280. The number of unbranched alkanes of at least 4 members (excludes halogenated alkanes) is 4. The predicted octanol–water partition coefficient (Wildman–Crippen LogP) is 4.80. The Morgan fingerprint density at radius 1 is 1.12 bits per heavy atom. The van der Waals surface area contributed by atoms with E-state index in [-0.39, 0.29) is 32.7 Å². The number of phenolic OH excluding ortho intramolecular Hbond substituents is 1. The SMILES string of the molecule is Cc1ccc(C)c(O)c1.[CH2-]CCCCCC.[Y]. The Morgan fingerprint density at radius 2 is 1.76 bits per heavy atom. The normalized spacial score (nSPS) is 8.94. The summed E-state index contributed by atoms with van der Waals surface area (Å²) < 4.78 is 0. The molecule has 0 aliphatic heterocycles. The first-order valence-corrected chi connectivity index (χ1v) is 6.17. The van der Waals surface area contributed by atoms with E-state index in [2.05, 4.69) is 13.8 Å². The Kier molecular flexibility index (Phi) is 14.4. The number of hydrogen-bond acceptors (Lipinski definition) is 1. The van der Waals surface area contributed by atoms with Gasteiger partial charge in [-0.15, -0.1) is 0 Å². The van der Waals surface area contributed by atoms with Gasteiger partial charge in [0.1, 0.15) is 5.75 Å². The van der Waals surface area contributed by atoms with Gasteiger partial charge in [-0.25, -0.2) is 0 Å². The average molecular weight is 310 g/mol. The maximum absolute atomic E-state index is 9.10. The number of benzene rings is 1. The quantitative estimate of drug-likeness (QED) is 0.626. The molecule has 2 heteroatoms. The first kappa shape index (κ1) is 19.5. The van der Waals surface area contributed by atoms with Crippen molar-refractivity contribution in [3.05, 3.63) is 36.2 Å².